The van der Waals surface area contributed by atoms with Gasteiger partial charge < -0.3 is 4.42 Å². The second-order valence-corrected chi connectivity index (χ2v) is 11.1. The first-order chi connectivity index (χ1) is 19.8. The summed E-state index contributed by atoms with van der Waals surface area (Å²) < 4.78 is 8.83. The molecule has 0 aliphatic rings. The van der Waals surface area contributed by atoms with E-state index in [4.69, 9.17) is 4.42 Å². The maximum Gasteiger partial charge on any atom is 0.136 e. The average molecular weight is 528 g/mol. The van der Waals surface area contributed by atoms with Crippen LogP contribution < -0.4 is 0 Å². The first-order valence-corrected chi connectivity index (χ1v) is 14.1. The van der Waals surface area contributed by atoms with Gasteiger partial charge >= 0.3 is 0 Å². The quantitative estimate of drug-likeness (QED) is 0.229. The fourth-order valence-corrected chi connectivity index (χ4v) is 7.05. The van der Waals surface area contributed by atoms with Gasteiger partial charge in [0.1, 0.15) is 11.2 Å². The number of furan rings is 1. The number of hydrogen-bond donors (Lipinski definition) is 0. The molecule has 0 fully saturated rings. The van der Waals surface area contributed by atoms with Crippen molar-refractivity contribution in [1.29, 1.82) is 5.26 Å². The van der Waals surface area contributed by atoms with Crippen LogP contribution >= 0.6 is 11.3 Å². The molecule has 0 N–H and O–H groups in total. The Morgan fingerprint density at radius 1 is 0.525 bits per heavy atom. The molecule has 0 bridgehead atoms. The molecule has 6 aromatic carbocycles. The summed E-state index contributed by atoms with van der Waals surface area (Å²) in [7, 11) is 0. The summed E-state index contributed by atoms with van der Waals surface area (Å²) in [6.07, 6.45) is 0. The number of thiophene rings is 1. The summed E-state index contributed by atoms with van der Waals surface area (Å²) >= 11 is 1.83. The molecule has 40 heavy (non-hydrogen) atoms. The first kappa shape index (κ1) is 22.8. The van der Waals surface area contributed by atoms with Crippen LogP contribution in [-0.4, -0.2) is 0 Å². The van der Waals surface area contributed by atoms with E-state index in [9.17, 15) is 5.26 Å². The van der Waals surface area contributed by atoms with Crippen LogP contribution in [0.2, 0.25) is 0 Å². The van der Waals surface area contributed by atoms with Crippen molar-refractivity contribution in [2.75, 3.05) is 0 Å². The molecule has 0 unspecified atom stereocenters. The Labute approximate surface area is 235 Å². The van der Waals surface area contributed by atoms with Crippen LogP contribution in [0.4, 0.5) is 0 Å². The Morgan fingerprint density at radius 3 is 2.17 bits per heavy atom. The molecule has 3 heteroatoms. The van der Waals surface area contributed by atoms with Crippen molar-refractivity contribution in [3.63, 3.8) is 0 Å². The molecule has 2 aromatic heterocycles. The van der Waals surface area contributed by atoms with Crippen molar-refractivity contribution in [3.8, 4) is 39.4 Å². The second kappa shape index (κ2) is 8.95. The van der Waals surface area contributed by atoms with Crippen LogP contribution in [0.1, 0.15) is 5.56 Å². The number of rotatable bonds is 3. The highest BCUT2D eigenvalue weighted by atomic mass is 32.1. The second-order valence-electron chi connectivity index (χ2n) is 10.0. The summed E-state index contributed by atoms with van der Waals surface area (Å²) in [5, 5.41) is 14.5. The predicted octanol–water partition coefficient (Wildman–Crippen LogP) is 10.8. The van der Waals surface area contributed by atoms with Gasteiger partial charge in [-0.2, -0.15) is 5.26 Å². The number of nitriles is 1. The van der Waals surface area contributed by atoms with E-state index in [1.54, 1.807) is 0 Å². The van der Waals surface area contributed by atoms with Gasteiger partial charge in [0, 0.05) is 30.9 Å². The molecule has 0 aliphatic carbocycles. The van der Waals surface area contributed by atoms with E-state index in [2.05, 4.69) is 97.1 Å². The normalized spacial score (nSPS) is 11.5. The number of nitrogens with zero attached hydrogens (tertiary/aromatic N) is 1. The van der Waals surface area contributed by atoms with Crippen LogP contribution in [0.25, 0.3) is 75.5 Å². The van der Waals surface area contributed by atoms with Crippen LogP contribution in [0.15, 0.2) is 132 Å². The molecule has 0 aliphatic heterocycles. The summed E-state index contributed by atoms with van der Waals surface area (Å²) in [5.74, 6) is 0. The monoisotopic (exact) mass is 527 g/mol. The minimum atomic E-state index is 0.643. The lowest BCUT2D eigenvalue weighted by molar-refractivity contribution is 0.669. The Hall–Kier alpha value is -5.17. The van der Waals surface area contributed by atoms with Crippen molar-refractivity contribution in [2.45, 2.75) is 0 Å². The van der Waals surface area contributed by atoms with Gasteiger partial charge in [-0.3, -0.25) is 0 Å². The third-order valence-corrected chi connectivity index (χ3v) is 8.88. The molecular weight excluding hydrogens is 506 g/mol. The van der Waals surface area contributed by atoms with E-state index in [0.29, 0.717) is 5.56 Å². The van der Waals surface area contributed by atoms with E-state index >= 15 is 0 Å². The minimum Gasteiger partial charge on any atom is -0.456 e. The van der Waals surface area contributed by atoms with Gasteiger partial charge in [0.05, 0.1) is 11.6 Å². The highest BCUT2D eigenvalue weighted by Crippen LogP contribution is 2.45. The molecule has 0 saturated carbocycles. The zero-order chi connectivity index (χ0) is 26.6. The van der Waals surface area contributed by atoms with Crippen LogP contribution in [0, 0.1) is 11.3 Å². The molecule has 0 radical (unpaired) electrons. The summed E-state index contributed by atoms with van der Waals surface area (Å²) in [4.78, 5) is 0. The summed E-state index contributed by atoms with van der Waals surface area (Å²) in [5.41, 5.74) is 9.03. The molecule has 0 amide bonds. The summed E-state index contributed by atoms with van der Waals surface area (Å²) in [6, 6.07) is 46.7. The molecular formula is C37H21NOS. The largest absolute Gasteiger partial charge is 0.456 e. The molecule has 8 rings (SSSR count). The topological polar surface area (TPSA) is 36.9 Å². The van der Waals surface area contributed by atoms with Gasteiger partial charge in [-0.15, -0.1) is 11.3 Å². The lowest BCUT2D eigenvalue weighted by atomic mass is 9.85. The van der Waals surface area contributed by atoms with E-state index in [-0.39, 0.29) is 0 Å². The SMILES string of the molecule is N#Cc1cccc(-c2c(-c3ccc4sc5ccccc5c4c3)cccc2-c2cccc3oc4ccccc4c23)c1. The van der Waals surface area contributed by atoms with Crippen LogP contribution in [-0.2, 0) is 0 Å². The fraction of sp³-hybridized carbons (Fsp3) is 0. The van der Waals surface area contributed by atoms with Crippen LogP contribution in [0.3, 0.4) is 0 Å². The van der Waals surface area contributed by atoms with Crippen molar-refractivity contribution in [3.05, 3.63) is 133 Å². The molecule has 8 aromatic rings. The average Bonchev–Trinajstić information content (AvgIpc) is 3.59. The Morgan fingerprint density at radius 2 is 1.25 bits per heavy atom. The first-order valence-electron chi connectivity index (χ1n) is 13.2. The van der Waals surface area contributed by atoms with Gasteiger partial charge in [0.2, 0.25) is 0 Å². The van der Waals surface area contributed by atoms with Gasteiger partial charge in [-0.1, -0.05) is 84.9 Å². The van der Waals surface area contributed by atoms with E-state index < -0.39 is 0 Å². The Kier molecular flexibility index (Phi) is 5.10. The highest BCUT2D eigenvalue weighted by molar-refractivity contribution is 7.25. The van der Waals surface area contributed by atoms with Gasteiger partial charge in [-0.05, 0) is 75.8 Å². The van der Waals surface area contributed by atoms with Crippen molar-refractivity contribution >= 4 is 53.4 Å². The van der Waals surface area contributed by atoms with Crippen molar-refractivity contribution in [2.24, 2.45) is 0 Å². The third-order valence-electron chi connectivity index (χ3n) is 7.73. The molecule has 0 spiro atoms. The van der Waals surface area contributed by atoms with Gasteiger partial charge in [-0.25, -0.2) is 0 Å². The maximum absolute atomic E-state index is 9.75. The minimum absolute atomic E-state index is 0.643. The highest BCUT2D eigenvalue weighted by Gasteiger charge is 2.19. The van der Waals surface area contributed by atoms with Crippen molar-refractivity contribution < 1.29 is 4.42 Å². The molecule has 2 heterocycles. The van der Waals surface area contributed by atoms with E-state index in [1.165, 1.54) is 20.2 Å². The fourth-order valence-electron chi connectivity index (χ4n) is 5.97. The number of benzene rings is 6. The summed E-state index contributed by atoms with van der Waals surface area (Å²) in [6.45, 7) is 0. The Bertz CT molecular complexity index is 2300. The standard InChI is InChI=1S/C37H21NOS/c38-22-23-8-5-9-25(20-23)36-26(24-18-19-35-31(21-24)27-10-2-4-17-34(27)40-35)12-6-13-28(36)29-14-7-16-33-37(29)30-11-1-3-15-32(30)39-33/h1-21H. The number of fused-ring (bicyclic) bond motifs is 6. The smallest absolute Gasteiger partial charge is 0.136 e. The Balaban J connectivity index is 1.46. The van der Waals surface area contributed by atoms with Crippen molar-refractivity contribution in [1.82, 2.24) is 0 Å². The lowest BCUT2D eigenvalue weighted by Gasteiger charge is -2.17. The number of para-hydroxylation sites is 1. The van der Waals surface area contributed by atoms with Crippen LogP contribution in [0.5, 0.6) is 0 Å². The zero-order valence-corrected chi connectivity index (χ0v) is 22.2. The predicted molar refractivity (Wildman–Crippen MR) is 168 cm³/mol. The van der Waals surface area contributed by atoms with E-state index in [1.807, 2.05) is 47.7 Å². The zero-order valence-electron chi connectivity index (χ0n) is 21.4. The molecule has 186 valence electrons. The molecule has 0 saturated heterocycles. The molecule has 2 nitrogen and oxygen atoms in total. The molecule has 0 atom stereocenters. The van der Waals surface area contributed by atoms with Gasteiger partial charge in [0.15, 0.2) is 0 Å². The third kappa shape index (κ3) is 3.48. The number of hydrogen-bond acceptors (Lipinski definition) is 3. The maximum atomic E-state index is 9.75. The lowest BCUT2D eigenvalue weighted by Crippen LogP contribution is -1.92. The van der Waals surface area contributed by atoms with Gasteiger partial charge in [0.25, 0.3) is 0 Å². The van der Waals surface area contributed by atoms with E-state index in [0.717, 1.165) is 55.3 Å².